The standard InChI is InChI=1S/C28H44O5Si/c1-28(2,3)34(4,5)33-24(21-32-23-13-9-8-10-14-23)19-17-22-18-20-26(29)25(22)15-11-6-7-12-16-27(30)31/h8-10,13-14,18,24-25H,6-7,11-12,15-17,19-21H2,1-5H3,(H,30,31)/t24?,25-/m1/s1. The summed E-state index contributed by atoms with van der Waals surface area (Å²) >= 11 is 0. The van der Waals surface area contributed by atoms with E-state index in [1.165, 1.54) is 5.57 Å². The molecule has 0 aromatic heterocycles. The molecule has 1 aromatic carbocycles. The molecule has 0 radical (unpaired) electrons. The average Bonchev–Trinajstić information content (AvgIpc) is 3.11. The number of hydrogen-bond acceptors (Lipinski definition) is 4. The molecule has 2 atom stereocenters. The van der Waals surface area contributed by atoms with Crippen LogP contribution in [0, 0.1) is 5.92 Å². The van der Waals surface area contributed by atoms with Crippen LogP contribution >= 0.6 is 0 Å². The number of ether oxygens (including phenoxy) is 1. The maximum atomic E-state index is 12.5. The van der Waals surface area contributed by atoms with E-state index in [1.54, 1.807) is 0 Å². The number of carbonyl (C=O) groups excluding carboxylic acids is 1. The lowest BCUT2D eigenvalue weighted by atomic mass is 9.90. The first kappa shape index (κ1) is 28.3. The van der Waals surface area contributed by atoms with E-state index in [2.05, 4.69) is 39.9 Å². The van der Waals surface area contributed by atoms with Gasteiger partial charge >= 0.3 is 5.97 Å². The number of rotatable bonds is 15. The zero-order chi connectivity index (χ0) is 25.2. The van der Waals surface area contributed by atoms with Crippen LogP contribution in [0.25, 0.3) is 0 Å². The number of Topliss-reactive ketones (excluding diaryl/α,β-unsaturated/α-hetero) is 1. The molecule has 34 heavy (non-hydrogen) atoms. The summed E-state index contributed by atoms with van der Waals surface area (Å²) in [5.41, 5.74) is 1.25. The van der Waals surface area contributed by atoms with Crippen LogP contribution in [0.2, 0.25) is 18.1 Å². The van der Waals surface area contributed by atoms with Crippen LogP contribution in [0.3, 0.4) is 0 Å². The van der Waals surface area contributed by atoms with E-state index in [4.69, 9.17) is 14.3 Å². The van der Waals surface area contributed by atoms with Crippen LogP contribution in [-0.2, 0) is 14.0 Å². The van der Waals surface area contributed by atoms with Gasteiger partial charge in [0, 0.05) is 18.8 Å². The number of ketones is 1. The molecule has 0 spiro atoms. The van der Waals surface area contributed by atoms with Gasteiger partial charge in [0.2, 0.25) is 0 Å². The predicted octanol–water partition coefficient (Wildman–Crippen LogP) is 7.18. The van der Waals surface area contributed by atoms with Gasteiger partial charge in [-0.2, -0.15) is 0 Å². The maximum Gasteiger partial charge on any atom is 0.303 e. The molecule has 0 saturated carbocycles. The van der Waals surface area contributed by atoms with Crippen molar-refractivity contribution in [1.29, 1.82) is 0 Å². The summed E-state index contributed by atoms with van der Waals surface area (Å²) in [5.74, 6) is 0.454. The monoisotopic (exact) mass is 488 g/mol. The summed E-state index contributed by atoms with van der Waals surface area (Å²) < 4.78 is 12.8. The van der Waals surface area contributed by atoms with E-state index in [-0.39, 0.29) is 23.5 Å². The fourth-order valence-corrected chi connectivity index (χ4v) is 5.50. The van der Waals surface area contributed by atoms with Crippen molar-refractivity contribution in [3.8, 4) is 5.75 Å². The minimum atomic E-state index is -1.96. The van der Waals surface area contributed by atoms with E-state index < -0.39 is 14.3 Å². The van der Waals surface area contributed by atoms with Crippen molar-refractivity contribution in [3.63, 3.8) is 0 Å². The van der Waals surface area contributed by atoms with Gasteiger partial charge < -0.3 is 14.3 Å². The molecule has 1 N–H and O–H groups in total. The topological polar surface area (TPSA) is 72.8 Å². The van der Waals surface area contributed by atoms with Gasteiger partial charge in [-0.25, -0.2) is 0 Å². The van der Waals surface area contributed by atoms with Crippen LogP contribution in [-0.4, -0.2) is 37.9 Å². The normalized spacial score (nSPS) is 17.5. The lowest BCUT2D eigenvalue weighted by Crippen LogP contribution is -2.45. The summed E-state index contributed by atoms with van der Waals surface area (Å²) in [4.78, 5) is 23.2. The summed E-state index contributed by atoms with van der Waals surface area (Å²) in [7, 11) is -1.96. The zero-order valence-electron chi connectivity index (χ0n) is 21.8. The number of allylic oxidation sites excluding steroid dienone is 2. The highest BCUT2D eigenvalue weighted by atomic mass is 28.4. The summed E-state index contributed by atoms with van der Waals surface area (Å²) in [6, 6.07) is 9.86. The second-order valence-electron chi connectivity index (χ2n) is 11.0. The van der Waals surface area contributed by atoms with E-state index in [0.29, 0.717) is 25.2 Å². The predicted molar refractivity (Wildman–Crippen MR) is 140 cm³/mol. The quantitative estimate of drug-likeness (QED) is 0.161. The molecule has 1 aliphatic rings. The zero-order valence-corrected chi connectivity index (χ0v) is 22.8. The Kier molecular flexibility index (Phi) is 11.0. The van der Waals surface area contributed by atoms with Crippen LogP contribution in [0.5, 0.6) is 5.75 Å². The van der Waals surface area contributed by atoms with Crippen molar-refractivity contribution in [2.75, 3.05) is 6.61 Å². The number of para-hydroxylation sites is 1. The molecule has 0 aliphatic heterocycles. The van der Waals surface area contributed by atoms with Crippen LogP contribution < -0.4 is 4.74 Å². The van der Waals surface area contributed by atoms with E-state index in [0.717, 1.165) is 44.3 Å². The SMILES string of the molecule is CC(C)(C)[Si](C)(C)OC(CCC1=CCC(=O)[C@@H]1CCCCCCC(=O)O)COc1ccccc1. The largest absolute Gasteiger partial charge is 0.491 e. The van der Waals surface area contributed by atoms with E-state index in [1.807, 2.05) is 30.3 Å². The lowest BCUT2D eigenvalue weighted by molar-refractivity contribution is -0.137. The molecule has 190 valence electrons. The molecule has 1 aromatic rings. The molecule has 0 saturated heterocycles. The fraction of sp³-hybridized carbons (Fsp3) is 0.643. The third-order valence-electron chi connectivity index (χ3n) is 7.24. The Morgan fingerprint density at radius 3 is 2.44 bits per heavy atom. The smallest absolute Gasteiger partial charge is 0.303 e. The lowest BCUT2D eigenvalue weighted by Gasteiger charge is -2.39. The molecule has 5 nitrogen and oxygen atoms in total. The van der Waals surface area contributed by atoms with Gasteiger partial charge in [-0.05, 0) is 55.9 Å². The molecule has 6 heteroatoms. The van der Waals surface area contributed by atoms with Gasteiger partial charge in [-0.3, -0.25) is 9.59 Å². The summed E-state index contributed by atoms with van der Waals surface area (Å²) in [5, 5.41) is 8.88. The number of unbranched alkanes of at least 4 members (excludes halogenated alkanes) is 3. The molecule has 1 aliphatic carbocycles. The molecule has 0 heterocycles. The Labute approximate surface area is 207 Å². The van der Waals surface area contributed by atoms with E-state index in [9.17, 15) is 9.59 Å². The van der Waals surface area contributed by atoms with Crippen molar-refractivity contribution < 1.29 is 23.9 Å². The van der Waals surface area contributed by atoms with Crippen LogP contribution in [0.4, 0.5) is 0 Å². The van der Waals surface area contributed by atoms with Crippen molar-refractivity contribution >= 4 is 20.1 Å². The Hall–Kier alpha value is -1.92. The van der Waals surface area contributed by atoms with Gasteiger partial charge in [0.15, 0.2) is 8.32 Å². The van der Waals surface area contributed by atoms with Gasteiger partial charge in [-0.15, -0.1) is 0 Å². The summed E-state index contributed by atoms with van der Waals surface area (Å²) in [6.07, 6.45) is 9.00. The Bertz CT molecular complexity index is 810. The Balaban J connectivity index is 1.92. The fourth-order valence-electron chi connectivity index (χ4n) is 4.13. The first-order chi connectivity index (χ1) is 16.0. The van der Waals surface area contributed by atoms with Gasteiger partial charge in [0.25, 0.3) is 0 Å². The third kappa shape index (κ3) is 9.38. The second-order valence-corrected chi connectivity index (χ2v) is 15.8. The van der Waals surface area contributed by atoms with Crippen molar-refractivity contribution in [2.45, 2.75) is 103 Å². The molecular weight excluding hydrogens is 444 g/mol. The Morgan fingerprint density at radius 1 is 1.12 bits per heavy atom. The maximum absolute atomic E-state index is 12.5. The van der Waals surface area contributed by atoms with Crippen LogP contribution in [0.15, 0.2) is 42.0 Å². The minimum Gasteiger partial charge on any atom is -0.491 e. The average molecular weight is 489 g/mol. The Morgan fingerprint density at radius 2 is 1.79 bits per heavy atom. The first-order valence-electron chi connectivity index (χ1n) is 12.8. The van der Waals surface area contributed by atoms with Crippen molar-refractivity contribution in [3.05, 3.63) is 42.0 Å². The number of carboxylic acids is 1. The number of carboxylic acid groups (broad SMARTS) is 1. The van der Waals surface area contributed by atoms with Crippen molar-refractivity contribution in [1.82, 2.24) is 0 Å². The number of aliphatic carboxylic acids is 1. The highest BCUT2D eigenvalue weighted by Crippen LogP contribution is 2.38. The number of carbonyl (C=O) groups is 2. The van der Waals surface area contributed by atoms with Crippen molar-refractivity contribution in [2.24, 2.45) is 5.92 Å². The van der Waals surface area contributed by atoms with Gasteiger partial charge in [0.1, 0.15) is 18.1 Å². The second kappa shape index (κ2) is 13.2. The minimum absolute atomic E-state index is 0.0167. The number of benzene rings is 1. The van der Waals surface area contributed by atoms with Crippen LogP contribution in [0.1, 0.15) is 78.6 Å². The highest BCUT2D eigenvalue weighted by Gasteiger charge is 2.39. The summed E-state index contributed by atoms with van der Waals surface area (Å²) in [6.45, 7) is 11.8. The number of hydrogen-bond donors (Lipinski definition) is 1. The molecule has 2 rings (SSSR count). The van der Waals surface area contributed by atoms with Gasteiger partial charge in [0.05, 0.1) is 6.10 Å². The third-order valence-corrected chi connectivity index (χ3v) is 11.8. The van der Waals surface area contributed by atoms with E-state index >= 15 is 0 Å². The highest BCUT2D eigenvalue weighted by molar-refractivity contribution is 6.74. The molecular formula is C28H44O5Si. The molecule has 1 unspecified atom stereocenters. The molecule has 0 fully saturated rings. The van der Waals surface area contributed by atoms with Gasteiger partial charge in [-0.1, -0.05) is 69.9 Å². The first-order valence-corrected chi connectivity index (χ1v) is 15.7. The molecule has 0 amide bonds. The molecule has 0 bridgehead atoms.